The maximum absolute atomic E-state index is 12.1. The van der Waals surface area contributed by atoms with Crippen LogP contribution >= 0.6 is 23.5 Å². The van der Waals surface area contributed by atoms with Crippen LogP contribution in [0.5, 0.6) is 0 Å². The lowest BCUT2D eigenvalue weighted by Gasteiger charge is -2.09. The summed E-state index contributed by atoms with van der Waals surface area (Å²) in [6.45, 7) is -0.366. The van der Waals surface area contributed by atoms with Gasteiger partial charge in [-0.2, -0.15) is 5.26 Å². The van der Waals surface area contributed by atoms with E-state index >= 15 is 0 Å². The largest absolute Gasteiger partial charge is 0.452 e. The number of hydrogen-bond acceptors (Lipinski definition) is 6. The van der Waals surface area contributed by atoms with Crippen LogP contribution in [0, 0.1) is 11.3 Å². The molecule has 1 aliphatic rings. The van der Waals surface area contributed by atoms with Crippen molar-refractivity contribution < 1.29 is 14.3 Å². The van der Waals surface area contributed by atoms with Crippen molar-refractivity contribution in [1.29, 1.82) is 5.26 Å². The molecule has 1 heterocycles. The van der Waals surface area contributed by atoms with E-state index in [2.05, 4.69) is 5.32 Å². The number of thioether (sulfide) groups is 2. The Kier molecular flexibility index (Phi) is 6.21. The van der Waals surface area contributed by atoms with Gasteiger partial charge in [-0.15, -0.1) is 23.5 Å². The van der Waals surface area contributed by atoms with Crippen molar-refractivity contribution in [2.45, 2.75) is 4.58 Å². The third-order valence-corrected chi connectivity index (χ3v) is 6.78. The normalized spacial score (nSPS) is 13.8. The van der Waals surface area contributed by atoms with E-state index in [1.54, 1.807) is 36.4 Å². The molecule has 1 N–H and O–H groups in total. The van der Waals surface area contributed by atoms with E-state index in [1.807, 2.05) is 41.7 Å². The second kappa shape index (κ2) is 8.79. The SMILES string of the molecule is N#Cc1ccc(NC(=O)COC(=O)c2ccc(C3SCCS3)cc2)cc1. The number of esters is 1. The molecule has 5 nitrogen and oxygen atoms in total. The van der Waals surface area contributed by atoms with Crippen LogP contribution in [0.1, 0.15) is 26.1 Å². The molecule has 2 aromatic carbocycles. The average molecular weight is 384 g/mol. The van der Waals surface area contributed by atoms with Gasteiger partial charge in [-0.1, -0.05) is 12.1 Å². The van der Waals surface area contributed by atoms with E-state index in [1.165, 1.54) is 5.56 Å². The van der Waals surface area contributed by atoms with Crippen LogP contribution in [0.15, 0.2) is 48.5 Å². The number of nitriles is 1. The summed E-state index contributed by atoms with van der Waals surface area (Å²) < 4.78 is 5.49. The third kappa shape index (κ3) is 4.81. The molecule has 0 aliphatic carbocycles. The summed E-state index contributed by atoms with van der Waals surface area (Å²) in [5.41, 5.74) is 2.66. The lowest BCUT2D eigenvalue weighted by molar-refractivity contribution is -0.119. The fourth-order valence-corrected chi connectivity index (χ4v) is 5.23. The van der Waals surface area contributed by atoms with Gasteiger partial charge in [-0.05, 0) is 42.0 Å². The smallest absolute Gasteiger partial charge is 0.338 e. The van der Waals surface area contributed by atoms with Gasteiger partial charge in [-0.3, -0.25) is 4.79 Å². The van der Waals surface area contributed by atoms with Crippen molar-refractivity contribution in [2.24, 2.45) is 0 Å². The second-order valence-corrected chi connectivity index (χ2v) is 8.23. The summed E-state index contributed by atoms with van der Waals surface area (Å²) in [6.07, 6.45) is 0. The van der Waals surface area contributed by atoms with Crippen LogP contribution in [0.25, 0.3) is 0 Å². The van der Waals surface area contributed by atoms with Gasteiger partial charge in [0.2, 0.25) is 0 Å². The molecule has 0 saturated carbocycles. The Labute approximate surface area is 160 Å². The van der Waals surface area contributed by atoms with Crippen molar-refractivity contribution in [3.63, 3.8) is 0 Å². The number of amides is 1. The third-order valence-electron chi connectivity index (χ3n) is 3.67. The first kappa shape index (κ1) is 18.4. The molecule has 2 aromatic rings. The zero-order valence-electron chi connectivity index (χ0n) is 13.8. The minimum Gasteiger partial charge on any atom is -0.452 e. The highest BCUT2D eigenvalue weighted by molar-refractivity contribution is 8.19. The maximum Gasteiger partial charge on any atom is 0.338 e. The molecule has 1 amide bonds. The van der Waals surface area contributed by atoms with E-state index in [9.17, 15) is 9.59 Å². The molecular formula is C19H16N2O3S2. The van der Waals surface area contributed by atoms with Crippen LogP contribution in [0.2, 0.25) is 0 Å². The molecule has 7 heteroatoms. The predicted octanol–water partition coefficient (Wildman–Crippen LogP) is 3.83. The van der Waals surface area contributed by atoms with Gasteiger partial charge < -0.3 is 10.1 Å². The molecule has 1 saturated heterocycles. The predicted molar refractivity (Wildman–Crippen MR) is 104 cm³/mol. The molecule has 0 radical (unpaired) electrons. The summed E-state index contributed by atoms with van der Waals surface area (Å²) in [7, 11) is 0. The Morgan fingerprint density at radius 3 is 2.35 bits per heavy atom. The minimum atomic E-state index is -0.529. The molecule has 3 rings (SSSR count). The van der Waals surface area contributed by atoms with Crippen LogP contribution in [-0.4, -0.2) is 30.0 Å². The van der Waals surface area contributed by atoms with Crippen molar-refractivity contribution in [3.8, 4) is 6.07 Å². The lowest BCUT2D eigenvalue weighted by Crippen LogP contribution is -2.20. The van der Waals surface area contributed by atoms with Crippen LogP contribution < -0.4 is 5.32 Å². The number of benzene rings is 2. The van der Waals surface area contributed by atoms with Crippen LogP contribution in [0.4, 0.5) is 5.69 Å². The highest BCUT2D eigenvalue weighted by Gasteiger charge is 2.18. The molecule has 26 heavy (non-hydrogen) atoms. The highest BCUT2D eigenvalue weighted by Crippen LogP contribution is 2.45. The van der Waals surface area contributed by atoms with Crippen molar-refractivity contribution in [3.05, 3.63) is 65.2 Å². The van der Waals surface area contributed by atoms with Gasteiger partial charge in [0.05, 0.1) is 21.8 Å². The van der Waals surface area contributed by atoms with E-state index in [-0.39, 0.29) is 6.61 Å². The number of anilines is 1. The summed E-state index contributed by atoms with van der Waals surface area (Å²) in [4.78, 5) is 23.9. The van der Waals surface area contributed by atoms with Crippen LogP contribution in [-0.2, 0) is 9.53 Å². The molecule has 0 atom stereocenters. The Morgan fingerprint density at radius 1 is 1.08 bits per heavy atom. The molecule has 0 bridgehead atoms. The monoisotopic (exact) mass is 384 g/mol. The number of carbonyl (C=O) groups excluding carboxylic acids is 2. The number of carbonyl (C=O) groups is 2. The summed E-state index contributed by atoms with van der Waals surface area (Å²) >= 11 is 3.81. The number of hydrogen-bond donors (Lipinski definition) is 1. The Balaban J connectivity index is 1.49. The van der Waals surface area contributed by atoms with E-state index in [0.717, 1.165) is 11.5 Å². The molecule has 0 unspecified atom stereocenters. The van der Waals surface area contributed by atoms with E-state index in [4.69, 9.17) is 10.00 Å². The van der Waals surface area contributed by atoms with Gasteiger partial charge in [0.15, 0.2) is 6.61 Å². The first-order valence-corrected chi connectivity index (χ1v) is 10.1. The molecule has 1 aliphatic heterocycles. The summed E-state index contributed by atoms with van der Waals surface area (Å²) in [5, 5.41) is 11.4. The summed E-state index contributed by atoms with van der Waals surface area (Å²) in [5.74, 6) is 1.33. The van der Waals surface area contributed by atoms with Gasteiger partial charge in [0.25, 0.3) is 5.91 Å². The average Bonchev–Trinajstić information content (AvgIpc) is 3.21. The number of rotatable bonds is 5. The highest BCUT2D eigenvalue weighted by atomic mass is 32.2. The molecular weight excluding hydrogens is 368 g/mol. The Bertz CT molecular complexity index is 823. The second-order valence-electron chi connectivity index (χ2n) is 5.51. The number of nitrogens with one attached hydrogen (secondary N) is 1. The fraction of sp³-hybridized carbons (Fsp3) is 0.211. The first-order valence-electron chi connectivity index (χ1n) is 7.96. The lowest BCUT2D eigenvalue weighted by atomic mass is 10.1. The topological polar surface area (TPSA) is 79.2 Å². The van der Waals surface area contributed by atoms with E-state index in [0.29, 0.717) is 21.4 Å². The molecule has 0 aromatic heterocycles. The van der Waals surface area contributed by atoms with Crippen molar-refractivity contribution in [2.75, 3.05) is 23.4 Å². The van der Waals surface area contributed by atoms with Crippen molar-refractivity contribution >= 4 is 41.1 Å². The van der Waals surface area contributed by atoms with Gasteiger partial charge in [-0.25, -0.2) is 4.79 Å². The maximum atomic E-state index is 12.1. The number of nitrogens with zero attached hydrogens (tertiary/aromatic N) is 1. The van der Waals surface area contributed by atoms with Crippen LogP contribution in [0.3, 0.4) is 0 Å². The zero-order chi connectivity index (χ0) is 18.4. The Morgan fingerprint density at radius 2 is 1.73 bits per heavy atom. The molecule has 1 fully saturated rings. The van der Waals surface area contributed by atoms with Gasteiger partial charge in [0.1, 0.15) is 0 Å². The molecule has 0 spiro atoms. The first-order chi connectivity index (χ1) is 12.7. The standard InChI is InChI=1S/C19H16N2O3S2/c20-11-13-1-7-16(8-2-13)21-17(22)12-24-18(23)14-3-5-15(6-4-14)19-25-9-10-26-19/h1-8,19H,9-10,12H2,(H,21,22). The summed E-state index contributed by atoms with van der Waals surface area (Å²) in [6, 6.07) is 15.8. The molecule has 132 valence electrons. The zero-order valence-corrected chi connectivity index (χ0v) is 15.4. The van der Waals surface area contributed by atoms with E-state index < -0.39 is 11.9 Å². The Hall–Kier alpha value is -2.43. The van der Waals surface area contributed by atoms with Crippen molar-refractivity contribution in [1.82, 2.24) is 0 Å². The minimum absolute atomic E-state index is 0.366. The van der Waals surface area contributed by atoms with Gasteiger partial charge >= 0.3 is 5.97 Å². The van der Waals surface area contributed by atoms with Gasteiger partial charge in [0, 0.05) is 17.2 Å². The quantitative estimate of drug-likeness (QED) is 0.789. The fourth-order valence-electron chi connectivity index (χ4n) is 2.37. The number of ether oxygens (including phenoxy) is 1.